The molecule has 0 saturated carbocycles. The van der Waals surface area contributed by atoms with Crippen LogP contribution in [0.4, 0.5) is 0 Å². The molecule has 0 aromatic heterocycles. The summed E-state index contributed by atoms with van der Waals surface area (Å²) < 4.78 is 5.79. The lowest BCUT2D eigenvalue weighted by atomic mass is 10.1. The molecule has 0 radical (unpaired) electrons. The number of carbonyl (C=O) groups excluding carboxylic acids is 1. The lowest BCUT2D eigenvalue weighted by Gasteiger charge is -2.19. The van der Waals surface area contributed by atoms with Crippen LogP contribution in [-0.2, 0) is 9.53 Å². The molecule has 0 heterocycles. The van der Waals surface area contributed by atoms with Gasteiger partial charge in [0.1, 0.15) is 6.04 Å². The second kappa shape index (κ2) is 7.62. The third-order valence-electron chi connectivity index (χ3n) is 2.81. The third kappa shape index (κ3) is 4.93. The summed E-state index contributed by atoms with van der Waals surface area (Å²) in [6.07, 6.45) is 0. The SMILES string of the molecule is COC(=O)C(NCCN(C)C)c1ccc(C)cc1Br. The van der Waals surface area contributed by atoms with Crippen LogP contribution in [0.3, 0.4) is 0 Å². The molecule has 0 spiro atoms. The van der Waals surface area contributed by atoms with Crippen LogP contribution in [0.5, 0.6) is 0 Å². The molecule has 1 unspecified atom stereocenters. The summed E-state index contributed by atoms with van der Waals surface area (Å²) >= 11 is 3.51. The van der Waals surface area contributed by atoms with Gasteiger partial charge in [-0.2, -0.15) is 0 Å². The van der Waals surface area contributed by atoms with Crippen molar-refractivity contribution in [2.45, 2.75) is 13.0 Å². The van der Waals surface area contributed by atoms with Crippen LogP contribution in [0.15, 0.2) is 22.7 Å². The van der Waals surface area contributed by atoms with Crippen molar-refractivity contribution in [3.63, 3.8) is 0 Å². The van der Waals surface area contributed by atoms with E-state index in [2.05, 4.69) is 26.1 Å². The fourth-order valence-corrected chi connectivity index (χ4v) is 2.46. The predicted octanol–water partition coefficient (Wildman–Crippen LogP) is 2.12. The smallest absolute Gasteiger partial charge is 0.327 e. The molecule has 1 atom stereocenters. The first kappa shape index (κ1) is 16.1. The van der Waals surface area contributed by atoms with Gasteiger partial charge in [0.15, 0.2) is 0 Å². The summed E-state index contributed by atoms with van der Waals surface area (Å²) in [7, 11) is 5.40. The molecule has 0 amide bonds. The Balaban J connectivity index is 2.87. The number of likely N-dealkylation sites (N-methyl/N-ethyl adjacent to an activating group) is 1. The fourth-order valence-electron chi connectivity index (χ4n) is 1.74. The minimum atomic E-state index is -0.445. The first-order valence-corrected chi connectivity index (χ1v) is 6.97. The summed E-state index contributed by atoms with van der Waals surface area (Å²) in [5, 5.41) is 3.23. The van der Waals surface area contributed by atoms with Crippen LogP contribution in [0.25, 0.3) is 0 Å². The summed E-state index contributed by atoms with van der Waals surface area (Å²) in [5.41, 5.74) is 2.05. The summed E-state index contributed by atoms with van der Waals surface area (Å²) in [4.78, 5) is 14.0. The fraction of sp³-hybridized carbons (Fsp3) is 0.500. The number of benzene rings is 1. The number of hydrogen-bond acceptors (Lipinski definition) is 4. The highest BCUT2D eigenvalue weighted by molar-refractivity contribution is 9.10. The Kier molecular flexibility index (Phi) is 6.48. The van der Waals surface area contributed by atoms with E-state index in [1.807, 2.05) is 39.2 Å². The number of ether oxygens (including phenoxy) is 1. The average Bonchev–Trinajstić information content (AvgIpc) is 2.34. The zero-order chi connectivity index (χ0) is 14.4. The second-order valence-electron chi connectivity index (χ2n) is 4.74. The van der Waals surface area contributed by atoms with Crippen LogP contribution in [0.2, 0.25) is 0 Å². The molecule has 4 nitrogen and oxygen atoms in total. The molecule has 1 rings (SSSR count). The monoisotopic (exact) mass is 328 g/mol. The molecule has 0 aliphatic carbocycles. The maximum atomic E-state index is 11.9. The lowest BCUT2D eigenvalue weighted by molar-refractivity contribution is -0.143. The molecular formula is C14H21BrN2O2. The highest BCUT2D eigenvalue weighted by atomic mass is 79.9. The highest BCUT2D eigenvalue weighted by Gasteiger charge is 2.22. The van der Waals surface area contributed by atoms with Crippen LogP contribution in [0, 0.1) is 6.92 Å². The van der Waals surface area contributed by atoms with Gasteiger partial charge in [0, 0.05) is 17.6 Å². The first-order chi connectivity index (χ1) is 8.95. The summed E-state index contributed by atoms with van der Waals surface area (Å²) in [6, 6.07) is 5.49. The predicted molar refractivity (Wildman–Crippen MR) is 80.2 cm³/mol. The number of carbonyl (C=O) groups is 1. The minimum Gasteiger partial charge on any atom is -0.468 e. The largest absolute Gasteiger partial charge is 0.468 e. The summed E-state index contributed by atoms with van der Waals surface area (Å²) in [5.74, 6) is -0.275. The van der Waals surface area contributed by atoms with E-state index in [1.54, 1.807) is 0 Å². The van der Waals surface area contributed by atoms with Gasteiger partial charge in [-0.25, -0.2) is 4.79 Å². The molecule has 0 aliphatic rings. The van der Waals surface area contributed by atoms with E-state index in [1.165, 1.54) is 7.11 Å². The van der Waals surface area contributed by atoms with E-state index in [0.717, 1.165) is 22.1 Å². The van der Waals surface area contributed by atoms with E-state index >= 15 is 0 Å². The van der Waals surface area contributed by atoms with Crippen LogP contribution in [-0.4, -0.2) is 45.2 Å². The quantitative estimate of drug-likeness (QED) is 0.812. The van der Waals surface area contributed by atoms with Gasteiger partial charge in [0.25, 0.3) is 0 Å². The Morgan fingerprint density at radius 2 is 2.16 bits per heavy atom. The summed E-state index contributed by atoms with van der Waals surface area (Å²) in [6.45, 7) is 3.59. The van der Waals surface area contributed by atoms with Crippen molar-refractivity contribution in [3.05, 3.63) is 33.8 Å². The van der Waals surface area contributed by atoms with Crippen molar-refractivity contribution in [1.82, 2.24) is 10.2 Å². The Morgan fingerprint density at radius 3 is 2.68 bits per heavy atom. The van der Waals surface area contributed by atoms with E-state index in [0.29, 0.717) is 6.54 Å². The maximum absolute atomic E-state index is 11.9. The number of esters is 1. The third-order valence-corrected chi connectivity index (χ3v) is 3.50. The van der Waals surface area contributed by atoms with E-state index in [4.69, 9.17) is 4.74 Å². The molecule has 0 saturated heterocycles. The molecule has 1 aromatic rings. The van der Waals surface area contributed by atoms with Crippen LogP contribution in [0.1, 0.15) is 17.2 Å². The van der Waals surface area contributed by atoms with Gasteiger partial charge in [0.2, 0.25) is 0 Å². The first-order valence-electron chi connectivity index (χ1n) is 6.17. The van der Waals surface area contributed by atoms with Gasteiger partial charge in [-0.3, -0.25) is 5.32 Å². The Hall–Kier alpha value is -0.910. The molecule has 106 valence electrons. The lowest BCUT2D eigenvalue weighted by Crippen LogP contribution is -2.34. The van der Waals surface area contributed by atoms with Crippen molar-refractivity contribution in [1.29, 1.82) is 0 Å². The van der Waals surface area contributed by atoms with E-state index < -0.39 is 6.04 Å². The van der Waals surface area contributed by atoms with Gasteiger partial charge < -0.3 is 9.64 Å². The molecule has 0 bridgehead atoms. The van der Waals surface area contributed by atoms with Gasteiger partial charge in [-0.1, -0.05) is 28.1 Å². The van der Waals surface area contributed by atoms with Crippen LogP contribution < -0.4 is 5.32 Å². The molecule has 0 aliphatic heterocycles. The standard InChI is InChI=1S/C14H21BrN2O2/c1-10-5-6-11(12(15)9-10)13(14(18)19-4)16-7-8-17(2)3/h5-6,9,13,16H,7-8H2,1-4H3. The van der Waals surface area contributed by atoms with Crippen molar-refractivity contribution >= 4 is 21.9 Å². The topological polar surface area (TPSA) is 41.6 Å². The highest BCUT2D eigenvalue weighted by Crippen LogP contribution is 2.25. The van der Waals surface area contributed by atoms with Gasteiger partial charge in [-0.05, 0) is 38.2 Å². The van der Waals surface area contributed by atoms with Gasteiger partial charge >= 0.3 is 5.97 Å². The normalized spacial score (nSPS) is 12.5. The molecule has 1 aromatic carbocycles. The average molecular weight is 329 g/mol. The number of rotatable bonds is 6. The number of aryl methyl sites for hydroxylation is 1. The number of hydrogen-bond donors (Lipinski definition) is 1. The van der Waals surface area contributed by atoms with E-state index in [-0.39, 0.29) is 5.97 Å². The minimum absolute atomic E-state index is 0.275. The Labute approximate surface area is 123 Å². The Morgan fingerprint density at radius 1 is 1.47 bits per heavy atom. The van der Waals surface area contributed by atoms with Crippen molar-refractivity contribution in [2.24, 2.45) is 0 Å². The number of nitrogens with one attached hydrogen (secondary N) is 1. The maximum Gasteiger partial charge on any atom is 0.327 e. The Bertz CT molecular complexity index is 435. The molecule has 0 fully saturated rings. The zero-order valence-electron chi connectivity index (χ0n) is 11.9. The number of methoxy groups -OCH3 is 1. The van der Waals surface area contributed by atoms with Crippen LogP contribution >= 0.6 is 15.9 Å². The molecule has 5 heteroatoms. The second-order valence-corrected chi connectivity index (χ2v) is 5.59. The number of halogens is 1. The van der Waals surface area contributed by atoms with Gasteiger partial charge in [0.05, 0.1) is 7.11 Å². The van der Waals surface area contributed by atoms with Crippen molar-refractivity contribution < 1.29 is 9.53 Å². The van der Waals surface area contributed by atoms with Crippen molar-refractivity contribution in [2.75, 3.05) is 34.3 Å². The number of nitrogens with zero attached hydrogens (tertiary/aromatic N) is 1. The zero-order valence-corrected chi connectivity index (χ0v) is 13.5. The van der Waals surface area contributed by atoms with E-state index in [9.17, 15) is 4.79 Å². The molecular weight excluding hydrogens is 308 g/mol. The molecule has 1 N–H and O–H groups in total. The van der Waals surface area contributed by atoms with Crippen molar-refractivity contribution in [3.8, 4) is 0 Å². The van der Waals surface area contributed by atoms with Gasteiger partial charge in [-0.15, -0.1) is 0 Å². The molecule has 19 heavy (non-hydrogen) atoms.